The molecule has 1 fully saturated rings. The second kappa shape index (κ2) is 7.12. The van der Waals surface area contributed by atoms with E-state index in [1.54, 1.807) is 24.3 Å². The summed E-state index contributed by atoms with van der Waals surface area (Å²) in [7, 11) is 0. The standard InChI is InChI=1S/C21H21NO4/c1-13-7-8-14(2)18(11-13)19(23)16-5-3-4-6-17(16)20(24)22-10-9-15(12-22)21(25)26/h3-8,11,15H,9-10,12H2,1-2H3,(H,25,26)/t15-/m1/s1. The summed E-state index contributed by atoms with van der Waals surface area (Å²) in [5.74, 6) is -1.91. The van der Waals surface area contributed by atoms with Crippen molar-refractivity contribution in [2.24, 2.45) is 5.92 Å². The van der Waals surface area contributed by atoms with E-state index in [0.717, 1.165) is 11.1 Å². The Balaban J connectivity index is 1.94. The Morgan fingerprint density at radius 3 is 2.35 bits per heavy atom. The lowest BCUT2D eigenvalue weighted by molar-refractivity contribution is -0.141. The van der Waals surface area contributed by atoms with E-state index in [1.807, 2.05) is 32.0 Å². The molecule has 0 unspecified atom stereocenters. The summed E-state index contributed by atoms with van der Waals surface area (Å²) >= 11 is 0. The molecule has 1 atom stereocenters. The molecule has 1 aliphatic rings. The minimum absolute atomic E-state index is 0.181. The first-order chi connectivity index (χ1) is 12.4. The van der Waals surface area contributed by atoms with Crippen LogP contribution in [0.15, 0.2) is 42.5 Å². The fourth-order valence-electron chi connectivity index (χ4n) is 3.31. The molecule has 3 rings (SSSR count). The van der Waals surface area contributed by atoms with E-state index in [2.05, 4.69) is 0 Å². The average molecular weight is 351 g/mol. The van der Waals surface area contributed by atoms with Crippen LogP contribution in [-0.2, 0) is 4.79 Å². The van der Waals surface area contributed by atoms with Crippen LogP contribution < -0.4 is 0 Å². The van der Waals surface area contributed by atoms with Crippen LogP contribution in [0.25, 0.3) is 0 Å². The van der Waals surface area contributed by atoms with Crippen molar-refractivity contribution in [3.8, 4) is 0 Å². The third-order valence-electron chi connectivity index (χ3n) is 4.86. The van der Waals surface area contributed by atoms with E-state index in [1.165, 1.54) is 4.90 Å². The van der Waals surface area contributed by atoms with E-state index in [9.17, 15) is 14.4 Å². The number of rotatable bonds is 4. The van der Waals surface area contributed by atoms with Gasteiger partial charge in [0.1, 0.15) is 0 Å². The number of nitrogens with zero attached hydrogens (tertiary/aromatic N) is 1. The van der Waals surface area contributed by atoms with Crippen molar-refractivity contribution in [2.75, 3.05) is 13.1 Å². The molecule has 0 aliphatic carbocycles. The fourth-order valence-corrected chi connectivity index (χ4v) is 3.31. The Bertz CT molecular complexity index is 887. The summed E-state index contributed by atoms with van der Waals surface area (Å²) < 4.78 is 0. The lowest BCUT2D eigenvalue weighted by Gasteiger charge is -2.18. The quantitative estimate of drug-likeness (QED) is 0.859. The van der Waals surface area contributed by atoms with Gasteiger partial charge in [-0.2, -0.15) is 0 Å². The number of carboxylic acid groups (broad SMARTS) is 1. The Morgan fingerprint density at radius 2 is 1.69 bits per heavy atom. The highest BCUT2D eigenvalue weighted by atomic mass is 16.4. The SMILES string of the molecule is Cc1ccc(C)c(C(=O)c2ccccc2C(=O)N2CC[C@@H](C(=O)O)C2)c1. The monoisotopic (exact) mass is 351 g/mol. The van der Waals surface area contributed by atoms with Gasteiger partial charge in [-0.3, -0.25) is 14.4 Å². The number of hydrogen-bond donors (Lipinski definition) is 1. The number of amides is 1. The van der Waals surface area contributed by atoms with E-state index in [-0.39, 0.29) is 18.2 Å². The summed E-state index contributed by atoms with van der Waals surface area (Å²) in [5, 5.41) is 9.14. The molecule has 0 spiro atoms. The Hall–Kier alpha value is -2.95. The van der Waals surface area contributed by atoms with Crippen molar-refractivity contribution in [1.82, 2.24) is 4.90 Å². The number of carbonyl (C=O) groups is 3. The molecule has 0 aromatic heterocycles. The van der Waals surface area contributed by atoms with Crippen molar-refractivity contribution in [3.63, 3.8) is 0 Å². The highest BCUT2D eigenvalue weighted by Crippen LogP contribution is 2.23. The second-order valence-electron chi connectivity index (χ2n) is 6.77. The van der Waals surface area contributed by atoms with Gasteiger partial charge in [-0.05, 0) is 38.0 Å². The van der Waals surface area contributed by atoms with Crippen LogP contribution in [0.1, 0.15) is 43.8 Å². The van der Waals surface area contributed by atoms with Crippen LogP contribution in [0.3, 0.4) is 0 Å². The van der Waals surface area contributed by atoms with Gasteiger partial charge in [-0.1, -0.05) is 35.9 Å². The van der Waals surface area contributed by atoms with Crippen molar-refractivity contribution in [3.05, 3.63) is 70.3 Å². The molecular formula is C21H21NO4. The lowest BCUT2D eigenvalue weighted by Crippen LogP contribution is -2.31. The van der Waals surface area contributed by atoms with Gasteiger partial charge < -0.3 is 10.0 Å². The van der Waals surface area contributed by atoms with Gasteiger partial charge in [-0.25, -0.2) is 0 Å². The summed E-state index contributed by atoms with van der Waals surface area (Å²) in [6.45, 7) is 4.36. The first-order valence-corrected chi connectivity index (χ1v) is 8.61. The van der Waals surface area contributed by atoms with Gasteiger partial charge in [-0.15, -0.1) is 0 Å². The molecule has 1 amide bonds. The van der Waals surface area contributed by atoms with Gasteiger partial charge in [0, 0.05) is 24.2 Å². The molecular weight excluding hydrogens is 330 g/mol. The molecule has 0 saturated carbocycles. The molecule has 1 aliphatic heterocycles. The minimum Gasteiger partial charge on any atom is -0.481 e. The Morgan fingerprint density at radius 1 is 1.00 bits per heavy atom. The number of carbonyl (C=O) groups excluding carboxylic acids is 2. The van der Waals surface area contributed by atoms with Gasteiger partial charge >= 0.3 is 5.97 Å². The van der Waals surface area contributed by atoms with Crippen LogP contribution in [-0.4, -0.2) is 40.8 Å². The average Bonchev–Trinajstić information content (AvgIpc) is 3.13. The van der Waals surface area contributed by atoms with E-state index < -0.39 is 11.9 Å². The molecule has 1 N–H and O–H groups in total. The topological polar surface area (TPSA) is 74.7 Å². The van der Waals surface area contributed by atoms with Gasteiger partial charge in [0.2, 0.25) is 0 Å². The van der Waals surface area contributed by atoms with E-state index in [4.69, 9.17) is 5.11 Å². The summed E-state index contributed by atoms with van der Waals surface area (Å²) in [6.07, 6.45) is 0.439. The Kier molecular flexibility index (Phi) is 4.89. The maximum atomic E-state index is 13.1. The first kappa shape index (κ1) is 17.9. The highest BCUT2D eigenvalue weighted by molar-refractivity contribution is 6.16. The van der Waals surface area contributed by atoms with Crippen LogP contribution in [0, 0.1) is 19.8 Å². The highest BCUT2D eigenvalue weighted by Gasteiger charge is 2.32. The number of carboxylic acids is 1. The van der Waals surface area contributed by atoms with Crippen molar-refractivity contribution in [1.29, 1.82) is 0 Å². The van der Waals surface area contributed by atoms with Gasteiger partial charge in [0.05, 0.1) is 11.5 Å². The van der Waals surface area contributed by atoms with Crippen molar-refractivity contribution < 1.29 is 19.5 Å². The zero-order valence-electron chi connectivity index (χ0n) is 14.9. The number of ketones is 1. The maximum Gasteiger partial charge on any atom is 0.308 e. The number of hydrogen-bond acceptors (Lipinski definition) is 3. The summed E-state index contributed by atoms with van der Waals surface area (Å²) in [6, 6.07) is 12.4. The fraction of sp³-hybridized carbons (Fsp3) is 0.286. The Labute approximate surface area is 152 Å². The number of likely N-dealkylation sites (tertiary alicyclic amines) is 1. The molecule has 134 valence electrons. The van der Waals surface area contributed by atoms with Gasteiger partial charge in [0.25, 0.3) is 5.91 Å². The van der Waals surface area contributed by atoms with Crippen LogP contribution in [0.4, 0.5) is 0 Å². The molecule has 1 saturated heterocycles. The predicted molar refractivity (Wildman–Crippen MR) is 97.4 cm³/mol. The number of aliphatic carboxylic acids is 1. The third kappa shape index (κ3) is 3.38. The lowest BCUT2D eigenvalue weighted by atomic mass is 9.94. The normalized spacial score (nSPS) is 16.5. The molecule has 0 bridgehead atoms. The molecule has 2 aromatic rings. The van der Waals surface area contributed by atoms with E-state index >= 15 is 0 Å². The summed E-state index contributed by atoms with van der Waals surface area (Å²) in [5.41, 5.74) is 3.09. The minimum atomic E-state index is -0.889. The van der Waals surface area contributed by atoms with Crippen LogP contribution >= 0.6 is 0 Å². The van der Waals surface area contributed by atoms with Crippen LogP contribution in [0.5, 0.6) is 0 Å². The molecule has 0 radical (unpaired) electrons. The first-order valence-electron chi connectivity index (χ1n) is 8.61. The smallest absolute Gasteiger partial charge is 0.308 e. The third-order valence-corrected chi connectivity index (χ3v) is 4.86. The predicted octanol–water partition coefficient (Wildman–Crippen LogP) is 3.08. The maximum absolute atomic E-state index is 13.1. The molecule has 2 aromatic carbocycles. The molecule has 5 heteroatoms. The molecule has 1 heterocycles. The number of aryl methyl sites for hydroxylation is 2. The zero-order valence-corrected chi connectivity index (χ0v) is 14.9. The number of benzene rings is 2. The van der Waals surface area contributed by atoms with Crippen LogP contribution in [0.2, 0.25) is 0 Å². The molecule has 5 nitrogen and oxygen atoms in total. The largest absolute Gasteiger partial charge is 0.481 e. The summed E-state index contributed by atoms with van der Waals surface area (Å²) in [4.78, 5) is 38.6. The zero-order chi connectivity index (χ0) is 18.8. The van der Waals surface area contributed by atoms with E-state index in [0.29, 0.717) is 29.7 Å². The molecule has 26 heavy (non-hydrogen) atoms. The second-order valence-corrected chi connectivity index (χ2v) is 6.77. The van der Waals surface area contributed by atoms with Gasteiger partial charge in [0.15, 0.2) is 5.78 Å². The van der Waals surface area contributed by atoms with Crippen molar-refractivity contribution >= 4 is 17.7 Å². The van der Waals surface area contributed by atoms with Crippen molar-refractivity contribution in [2.45, 2.75) is 20.3 Å².